The molecular formula is C76H92N10O10S2. The molecule has 22 heteroatoms. The molecule has 0 radical (unpaired) electrons. The van der Waals surface area contributed by atoms with Crippen LogP contribution in [0, 0.1) is 0 Å². The highest BCUT2D eigenvalue weighted by Gasteiger charge is 2.22. The lowest BCUT2D eigenvalue weighted by molar-refractivity contribution is -0.148. The van der Waals surface area contributed by atoms with Gasteiger partial charge in [-0.25, -0.2) is 0 Å². The number of benzene rings is 4. The van der Waals surface area contributed by atoms with Crippen molar-refractivity contribution in [2.24, 2.45) is 0 Å². The number of piperazine rings is 2. The van der Waals surface area contributed by atoms with Gasteiger partial charge in [-0.2, -0.15) is 0 Å². The zero-order chi connectivity index (χ0) is 68.0. The van der Waals surface area contributed by atoms with Crippen LogP contribution < -0.4 is 30.4 Å². The largest absolute Gasteiger partial charge is 0.494 e. The lowest BCUT2D eigenvalue weighted by Crippen LogP contribution is -2.46. The predicted octanol–water partition coefficient (Wildman–Crippen LogP) is 12.5. The number of hydrogen-bond donors (Lipinski definition) is 0. The molecule has 0 bridgehead atoms. The number of unbranched alkanes of at least 4 members (excludes halogenated alkanes) is 8. The second kappa shape index (κ2) is 35.7. The van der Waals surface area contributed by atoms with E-state index in [1.807, 2.05) is 36.4 Å². The van der Waals surface area contributed by atoms with Crippen molar-refractivity contribution in [1.29, 1.82) is 0 Å². The van der Waals surface area contributed by atoms with Gasteiger partial charge in [0.1, 0.15) is 11.5 Å². The molecule has 2 aliphatic heterocycles. The molecule has 0 unspecified atom stereocenters. The highest BCUT2D eigenvalue weighted by Crippen LogP contribution is 2.33. The van der Waals surface area contributed by atoms with Crippen molar-refractivity contribution in [1.82, 2.24) is 38.7 Å². The number of rotatable bonds is 36. The molecule has 4 aromatic carbocycles. The first kappa shape index (κ1) is 70.6. The molecule has 98 heavy (non-hydrogen) atoms. The van der Waals surface area contributed by atoms with Crippen LogP contribution in [0.3, 0.4) is 0 Å². The van der Waals surface area contributed by atoms with Gasteiger partial charge in [0, 0.05) is 148 Å². The third-order valence-electron chi connectivity index (χ3n) is 18.7. The average molecular weight is 1370 g/mol. The summed E-state index contributed by atoms with van der Waals surface area (Å²) in [5.41, 5.74) is 4.69. The minimum atomic E-state index is -0.386. The maximum atomic E-state index is 13.0. The summed E-state index contributed by atoms with van der Waals surface area (Å²) in [6.45, 7) is 11.6. The normalized spacial score (nSPS) is 13.8. The minimum absolute atomic E-state index is 0.0184. The van der Waals surface area contributed by atoms with Gasteiger partial charge in [0.15, 0.2) is 13.5 Å². The Morgan fingerprint density at radius 2 is 0.867 bits per heavy atom. The van der Waals surface area contributed by atoms with Gasteiger partial charge in [-0.3, -0.25) is 57.7 Å². The van der Waals surface area contributed by atoms with Crippen LogP contribution in [0.1, 0.15) is 114 Å². The summed E-state index contributed by atoms with van der Waals surface area (Å²) in [6.07, 6.45) is 13.9. The van der Waals surface area contributed by atoms with Crippen molar-refractivity contribution in [3.63, 3.8) is 0 Å². The number of hydrogen-bond acceptors (Lipinski definition) is 18. The Hall–Kier alpha value is -8.70. The van der Waals surface area contributed by atoms with Crippen LogP contribution in [0.15, 0.2) is 142 Å². The molecule has 11 rings (SSSR count). The van der Waals surface area contributed by atoms with E-state index in [1.165, 1.54) is 52.8 Å². The lowest BCUT2D eigenvalue weighted by atomic mass is 10.1. The number of fused-ring (bicyclic) bond motifs is 4. The standard InChI is InChI=1S/C76H92N10O10S2/c1-79(71(87)21-7-3-5-9-23-75(91)95-55-85-67-49-61(29-25-57(67)27-31-73(85)89)93-45-13-11-35-81-37-41-83(42-38-81)65-17-15-19-69-63(65)33-47-97-69)53-59-51-78-60(52-77-59)54-80(2)72(88)22-8-4-6-10-24-76(92)96-56-86-68-50-62(30-26-58(68)28-32-74(86)90)94-46-14-12-36-82-39-43-84(44-40-82)66-18-16-20-70-64(66)34-48-98-70/h15-20,25-34,47-52H,3-14,21-24,35-46,53-56H2,1-2H3. The number of thiophene rings is 2. The Balaban J connectivity index is 0.497. The van der Waals surface area contributed by atoms with Crippen LogP contribution in [0.5, 0.6) is 11.5 Å². The van der Waals surface area contributed by atoms with Gasteiger partial charge in [-0.05, 0) is 159 Å². The van der Waals surface area contributed by atoms with Crippen molar-refractivity contribution >= 4 is 99.8 Å². The summed E-state index contributed by atoms with van der Waals surface area (Å²) in [4.78, 5) is 100. The molecule has 9 aromatic rings. The molecule has 2 amide bonds. The first-order valence-electron chi connectivity index (χ1n) is 34.9. The third-order valence-corrected chi connectivity index (χ3v) is 20.5. The van der Waals surface area contributed by atoms with Gasteiger partial charge in [-0.15, -0.1) is 22.7 Å². The van der Waals surface area contributed by atoms with E-state index in [0.29, 0.717) is 98.7 Å². The second-order valence-corrected chi connectivity index (χ2v) is 27.6. The summed E-state index contributed by atoms with van der Waals surface area (Å²) >= 11 is 3.58. The molecule has 0 spiro atoms. The summed E-state index contributed by atoms with van der Waals surface area (Å²) < 4.78 is 29.1. The monoisotopic (exact) mass is 1370 g/mol. The molecule has 0 saturated carbocycles. The van der Waals surface area contributed by atoms with E-state index < -0.39 is 0 Å². The molecule has 0 aliphatic carbocycles. The fourth-order valence-corrected chi connectivity index (χ4v) is 14.6. The number of anilines is 2. The molecule has 2 fully saturated rings. The summed E-state index contributed by atoms with van der Waals surface area (Å²) in [7, 11) is 3.47. The Morgan fingerprint density at radius 1 is 0.459 bits per heavy atom. The molecule has 7 heterocycles. The molecule has 2 aliphatic rings. The quantitative estimate of drug-likeness (QED) is 0.0265. The molecule has 5 aromatic heterocycles. The molecule has 0 N–H and O–H groups in total. The smallest absolute Gasteiger partial charge is 0.307 e. The fraction of sp³-hybridized carbons (Fsp3) is 0.447. The number of carbonyl (C=O) groups excluding carboxylic acids is 4. The number of ether oxygens (including phenoxy) is 4. The van der Waals surface area contributed by atoms with Crippen molar-refractivity contribution in [2.45, 2.75) is 129 Å². The molecule has 2 saturated heterocycles. The maximum absolute atomic E-state index is 13.0. The van der Waals surface area contributed by atoms with Gasteiger partial charge >= 0.3 is 11.9 Å². The van der Waals surface area contributed by atoms with E-state index in [0.717, 1.165) is 128 Å². The lowest BCUT2D eigenvalue weighted by Gasteiger charge is -2.36. The van der Waals surface area contributed by atoms with E-state index in [-0.39, 0.29) is 61.2 Å². The molecule has 518 valence electrons. The Kier molecular flexibility index (Phi) is 25.7. The van der Waals surface area contributed by atoms with Gasteiger partial charge in [0.05, 0.1) is 61.1 Å². The molecule has 0 atom stereocenters. The summed E-state index contributed by atoms with van der Waals surface area (Å²) in [6, 6.07) is 35.4. The van der Waals surface area contributed by atoms with Crippen LogP contribution >= 0.6 is 22.7 Å². The van der Waals surface area contributed by atoms with Gasteiger partial charge in [-0.1, -0.05) is 37.8 Å². The Bertz CT molecular complexity index is 3960. The topological polar surface area (TPSA) is 194 Å². The fourth-order valence-electron chi connectivity index (χ4n) is 13.0. The van der Waals surface area contributed by atoms with E-state index in [9.17, 15) is 28.8 Å². The van der Waals surface area contributed by atoms with Crippen LogP contribution in [0.2, 0.25) is 0 Å². The minimum Gasteiger partial charge on any atom is -0.494 e. The maximum Gasteiger partial charge on any atom is 0.307 e. The van der Waals surface area contributed by atoms with Gasteiger partial charge in [0.2, 0.25) is 11.8 Å². The number of nitrogens with zero attached hydrogens (tertiary/aromatic N) is 10. The number of carbonyl (C=O) groups is 4. The SMILES string of the molecule is CN(Cc1cnc(CN(C)C(=O)CCCCCCC(=O)OCn2c(=O)ccc3ccc(OCCCCN4CCN(c5cccc6sccc56)CC4)cc32)cn1)C(=O)CCCCCCC(=O)OCn1c(=O)ccc2ccc(OCCCCN3CCN(c4cccc5sccc45)CC3)cc21. The number of esters is 2. The zero-order valence-corrected chi connectivity index (χ0v) is 58.3. The van der Waals surface area contributed by atoms with E-state index in [2.05, 4.69) is 88.9 Å². The van der Waals surface area contributed by atoms with Gasteiger partial charge < -0.3 is 38.5 Å². The van der Waals surface area contributed by atoms with Crippen LogP contribution in [-0.4, -0.2) is 155 Å². The van der Waals surface area contributed by atoms with Crippen molar-refractivity contribution in [3.05, 3.63) is 164 Å². The highest BCUT2D eigenvalue weighted by atomic mass is 32.1. The number of amides is 2. The summed E-state index contributed by atoms with van der Waals surface area (Å²) in [5.74, 6) is 0.521. The highest BCUT2D eigenvalue weighted by molar-refractivity contribution is 7.17. The third kappa shape index (κ3) is 19.8. The van der Waals surface area contributed by atoms with Crippen LogP contribution in [-0.2, 0) is 55.2 Å². The van der Waals surface area contributed by atoms with Crippen LogP contribution in [0.25, 0.3) is 42.0 Å². The first-order valence-corrected chi connectivity index (χ1v) is 36.6. The number of pyridine rings is 2. The number of aromatic nitrogens is 4. The Morgan fingerprint density at radius 3 is 1.29 bits per heavy atom. The average Bonchev–Trinajstić information content (AvgIpc) is 1.51. The molecular weight excluding hydrogens is 1280 g/mol. The van der Waals surface area contributed by atoms with E-state index in [4.69, 9.17) is 18.9 Å². The van der Waals surface area contributed by atoms with Crippen molar-refractivity contribution < 1.29 is 38.1 Å². The van der Waals surface area contributed by atoms with Crippen LogP contribution in [0.4, 0.5) is 11.4 Å². The van der Waals surface area contributed by atoms with E-state index in [1.54, 1.807) is 71.1 Å². The van der Waals surface area contributed by atoms with Crippen molar-refractivity contribution in [2.75, 3.05) is 103 Å². The Labute approximate surface area is 581 Å². The van der Waals surface area contributed by atoms with Crippen molar-refractivity contribution in [3.8, 4) is 11.5 Å². The second-order valence-electron chi connectivity index (χ2n) is 25.7. The van der Waals surface area contributed by atoms with E-state index >= 15 is 0 Å². The van der Waals surface area contributed by atoms with Gasteiger partial charge in [0.25, 0.3) is 11.1 Å². The zero-order valence-electron chi connectivity index (χ0n) is 56.7. The molecule has 20 nitrogen and oxygen atoms in total. The summed E-state index contributed by atoms with van der Waals surface area (Å²) in [5, 5.41) is 8.71. The predicted molar refractivity (Wildman–Crippen MR) is 389 cm³/mol. The first-order chi connectivity index (χ1) is 47.9.